The first-order chi connectivity index (χ1) is 12.7. The Bertz CT molecular complexity index is 997. The monoisotopic (exact) mass is 339 g/mol. The molecule has 0 saturated carbocycles. The Morgan fingerprint density at radius 1 is 1.04 bits per heavy atom. The fourth-order valence-corrected chi connectivity index (χ4v) is 3.58. The highest BCUT2D eigenvalue weighted by molar-refractivity contribution is 5.74. The van der Waals surface area contributed by atoms with Gasteiger partial charge >= 0.3 is 0 Å². The van der Waals surface area contributed by atoms with Crippen LogP contribution in [0.1, 0.15) is 18.1 Å². The molecule has 0 unspecified atom stereocenters. The Kier molecular flexibility index (Phi) is 4.18. The fourth-order valence-electron chi connectivity index (χ4n) is 3.58. The van der Waals surface area contributed by atoms with E-state index in [2.05, 4.69) is 95.9 Å². The maximum Gasteiger partial charge on any atom is 0.213 e. The van der Waals surface area contributed by atoms with Crippen molar-refractivity contribution in [2.24, 2.45) is 0 Å². The number of hydrogen-bond donors (Lipinski definition) is 0. The van der Waals surface area contributed by atoms with Gasteiger partial charge in [0.1, 0.15) is 0 Å². The van der Waals surface area contributed by atoms with Gasteiger partial charge in [-0.2, -0.15) is 4.57 Å². The lowest BCUT2D eigenvalue weighted by molar-refractivity contribution is -0.672. The summed E-state index contributed by atoms with van der Waals surface area (Å²) in [5, 5.41) is 0. The summed E-state index contributed by atoms with van der Waals surface area (Å²) in [6, 6.07) is 21.7. The van der Waals surface area contributed by atoms with E-state index in [0.717, 1.165) is 23.6 Å². The lowest BCUT2D eigenvalue weighted by Crippen LogP contribution is -2.31. The molecule has 0 fully saturated rings. The van der Waals surface area contributed by atoms with Crippen molar-refractivity contribution < 1.29 is 4.57 Å². The molecule has 0 N–H and O–H groups in total. The van der Waals surface area contributed by atoms with Crippen molar-refractivity contribution in [1.82, 2.24) is 0 Å². The van der Waals surface area contributed by atoms with E-state index in [-0.39, 0.29) is 0 Å². The zero-order valence-corrected chi connectivity index (χ0v) is 15.3. The Morgan fingerprint density at radius 3 is 2.58 bits per heavy atom. The predicted octanol–water partition coefficient (Wildman–Crippen LogP) is 5.54. The fraction of sp³-hybridized carbons (Fsp3) is 0.125. The number of allylic oxidation sites excluding steroid dienone is 2. The van der Waals surface area contributed by atoms with Crippen LogP contribution in [0, 0.1) is 6.92 Å². The average molecular weight is 339 g/mol. The van der Waals surface area contributed by atoms with Gasteiger partial charge < -0.3 is 4.90 Å². The Labute approximate surface area is 155 Å². The minimum atomic E-state index is 0.914. The van der Waals surface area contributed by atoms with Gasteiger partial charge in [0.2, 0.25) is 5.69 Å². The lowest BCUT2D eigenvalue weighted by atomic mass is 10.1. The molecule has 2 nitrogen and oxygen atoms in total. The molecule has 4 rings (SSSR count). The number of aryl methyl sites for hydroxylation is 1. The maximum absolute atomic E-state index is 4.29. The van der Waals surface area contributed by atoms with E-state index in [9.17, 15) is 0 Å². The molecular weight excluding hydrogens is 316 g/mol. The van der Waals surface area contributed by atoms with Crippen LogP contribution in [0.4, 0.5) is 11.4 Å². The van der Waals surface area contributed by atoms with Crippen LogP contribution in [0.5, 0.6) is 0 Å². The molecule has 1 aromatic heterocycles. The van der Waals surface area contributed by atoms with E-state index >= 15 is 0 Å². The number of aromatic nitrogens is 1. The van der Waals surface area contributed by atoms with Crippen LogP contribution < -0.4 is 9.47 Å². The summed E-state index contributed by atoms with van der Waals surface area (Å²) >= 11 is 0. The first-order valence-corrected chi connectivity index (χ1v) is 8.97. The second kappa shape index (κ2) is 6.64. The summed E-state index contributed by atoms with van der Waals surface area (Å²) in [4.78, 5) is 2.22. The molecule has 0 aliphatic carbocycles. The van der Waals surface area contributed by atoms with E-state index < -0.39 is 0 Å². The van der Waals surface area contributed by atoms with Gasteiger partial charge in [-0.15, -0.1) is 0 Å². The Morgan fingerprint density at radius 2 is 1.81 bits per heavy atom. The number of hydrogen-bond acceptors (Lipinski definition) is 1. The molecule has 26 heavy (non-hydrogen) atoms. The van der Waals surface area contributed by atoms with Crippen LogP contribution in [0.3, 0.4) is 0 Å². The molecule has 0 bridgehead atoms. The minimum Gasteiger partial charge on any atom is -0.311 e. The van der Waals surface area contributed by atoms with Crippen LogP contribution in [-0.2, 0) is 6.54 Å². The molecule has 0 radical (unpaired) electrons. The first kappa shape index (κ1) is 16.3. The van der Waals surface area contributed by atoms with Crippen molar-refractivity contribution in [3.8, 4) is 11.3 Å². The smallest absolute Gasteiger partial charge is 0.213 e. The molecule has 0 saturated heterocycles. The summed E-state index contributed by atoms with van der Waals surface area (Å²) in [6.07, 6.45) is 6.23. The van der Waals surface area contributed by atoms with Gasteiger partial charge in [0.05, 0.1) is 5.56 Å². The van der Waals surface area contributed by atoms with Crippen molar-refractivity contribution in [2.45, 2.75) is 20.4 Å². The van der Waals surface area contributed by atoms with E-state index in [1.165, 1.54) is 22.4 Å². The van der Waals surface area contributed by atoms with Gasteiger partial charge in [-0.1, -0.05) is 30.4 Å². The van der Waals surface area contributed by atoms with Crippen LogP contribution in [0.2, 0.25) is 0 Å². The molecule has 2 heteroatoms. The van der Waals surface area contributed by atoms with Gasteiger partial charge in [-0.3, -0.25) is 0 Å². The number of nitrogens with zero attached hydrogens (tertiary/aromatic N) is 2. The highest BCUT2D eigenvalue weighted by Crippen LogP contribution is 2.35. The van der Waals surface area contributed by atoms with Crippen molar-refractivity contribution in [3.05, 3.63) is 102 Å². The van der Waals surface area contributed by atoms with Gasteiger partial charge in [0.25, 0.3) is 0 Å². The Balaban J connectivity index is 1.79. The molecule has 2 heterocycles. The number of pyridine rings is 1. The van der Waals surface area contributed by atoms with E-state index in [0.29, 0.717) is 0 Å². The van der Waals surface area contributed by atoms with Crippen LogP contribution in [0.25, 0.3) is 11.3 Å². The number of fused-ring (bicyclic) bond motifs is 3. The van der Waals surface area contributed by atoms with Crippen molar-refractivity contribution >= 4 is 11.4 Å². The number of rotatable bonds is 4. The summed E-state index contributed by atoms with van der Waals surface area (Å²) in [5.41, 5.74) is 8.42. The summed E-state index contributed by atoms with van der Waals surface area (Å²) in [7, 11) is 0. The topological polar surface area (TPSA) is 7.12 Å². The van der Waals surface area contributed by atoms with Crippen LogP contribution in [0.15, 0.2) is 91.3 Å². The minimum absolute atomic E-state index is 0.914. The average Bonchev–Trinajstić information content (AvgIpc) is 3.01. The second-order valence-electron chi connectivity index (χ2n) is 6.72. The van der Waals surface area contributed by atoms with Crippen LogP contribution in [-0.4, -0.2) is 0 Å². The standard InChI is InChI=1S/C24H23N2/c1-4-7-19(3)26(21-11-9-18(2)10-12-21)22-13-14-23-20(16-22)17-25-15-6-5-8-24(23)25/h4-16H,3,17H2,1-2H3/q+1. The van der Waals surface area contributed by atoms with E-state index in [1.54, 1.807) is 0 Å². The quantitative estimate of drug-likeness (QED) is 0.350. The van der Waals surface area contributed by atoms with E-state index in [4.69, 9.17) is 0 Å². The summed E-state index contributed by atoms with van der Waals surface area (Å²) in [6.45, 7) is 9.33. The van der Waals surface area contributed by atoms with Crippen LogP contribution >= 0.6 is 0 Å². The summed E-state index contributed by atoms with van der Waals surface area (Å²) < 4.78 is 2.30. The molecule has 1 aliphatic heterocycles. The van der Waals surface area contributed by atoms with Gasteiger partial charge in [-0.25, -0.2) is 0 Å². The normalized spacial score (nSPS) is 12.1. The highest BCUT2D eigenvalue weighted by Gasteiger charge is 2.26. The van der Waals surface area contributed by atoms with E-state index in [1.807, 2.05) is 13.0 Å². The summed E-state index contributed by atoms with van der Waals surface area (Å²) in [5.74, 6) is 0. The number of benzene rings is 2. The SMILES string of the molecule is C=C(C=CC)N(c1ccc(C)cc1)c1ccc2c(c1)C[n+]1ccccc1-2. The third kappa shape index (κ3) is 2.84. The molecule has 128 valence electrons. The third-order valence-corrected chi connectivity index (χ3v) is 4.84. The van der Waals surface area contributed by atoms with Gasteiger partial charge in [0, 0.05) is 34.8 Å². The molecule has 0 spiro atoms. The Hall–Kier alpha value is -3.13. The predicted molar refractivity (Wildman–Crippen MR) is 108 cm³/mol. The highest BCUT2D eigenvalue weighted by atomic mass is 15.1. The third-order valence-electron chi connectivity index (χ3n) is 4.84. The molecule has 3 aromatic rings. The molecule has 0 atom stereocenters. The molecule has 2 aromatic carbocycles. The van der Waals surface area contributed by atoms with Gasteiger partial charge in [-0.05, 0) is 56.3 Å². The van der Waals surface area contributed by atoms with Crippen molar-refractivity contribution in [2.75, 3.05) is 4.90 Å². The lowest BCUT2D eigenvalue weighted by Gasteiger charge is -2.26. The molecular formula is C24H23N2+. The number of anilines is 2. The van der Waals surface area contributed by atoms with Gasteiger partial charge in [0.15, 0.2) is 12.7 Å². The molecule has 0 amide bonds. The zero-order chi connectivity index (χ0) is 18.1. The second-order valence-corrected chi connectivity index (χ2v) is 6.72. The first-order valence-electron chi connectivity index (χ1n) is 8.97. The maximum atomic E-state index is 4.29. The molecule has 1 aliphatic rings. The largest absolute Gasteiger partial charge is 0.311 e. The van der Waals surface area contributed by atoms with Crippen molar-refractivity contribution in [1.29, 1.82) is 0 Å². The zero-order valence-electron chi connectivity index (χ0n) is 15.3. The van der Waals surface area contributed by atoms with Crippen molar-refractivity contribution in [3.63, 3.8) is 0 Å².